The van der Waals surface area contributed by atoms with Gasteiger partial charge in [-0.05, 0) is 123 Å². The topological polar surface area (TPSA) is 393 Å². The van der Waals surface area contributed by atoms with E-state index in [1.807, 2.05) is 23.1 Å². The average Bonchev–Trinajstić information content (AvgIpc) is 1.61. The zero-order chi connectivity index (χ0) is 80.9. The summed E-state index contributed by atoms with van der Waals surface area (Å²) in [5.41, 5.74) is 9.06. The number of aliphatic carboxylic acids is 1. The molecular weight excluding hydrogens is 1470 g/mol. The van der Waals surface area contributed by atoms with Gasteiger partial charge in [0.05, 0.1) is 46.5 Å². The van der Waals surface area contributed by atoms with Crippen LogP contribution in [0.3, 0.4) is 0 Å². The number of fused-ring (bicyclic) bond motifs is 4. The number of carboxylic acid groups (broad SMARTS) is 1. The van der Waals surface area contributed by atoms with Gasteiger partial charge >= 0.3 is 5.97 Å². The number of benzene rings is 4. The highest BCUT2D eigenvalue weighted by Gasteiger charge is 2.47. The van der Waals surface area contributed by atoms with E-state index in [4.69, 9.17) is 5.11 Å². The van der Waals surface area contributed by atoms with Crippen molar-refractivity contribution in [3.8, 4) is 0 Å². The highest BCUT2D eigenvalue weighted by molar-refractivity contribution is 6.25. The highest BCUT2D eigenvalue weighted by Crippen LogP contribution is 2.34. The molecule has 4 aromatic carbocycles. The van der Waals surface area contributed by atoms with Crippen molar-refractivity contribution in [2.24, 2.45) is 0 Å². The van der Waals surface area contributed by atoms with Crippen LogP contribution in [-0.2, 0) is 67.5 Å². The minimum Gasteiger partial charge on any atom is -0.481 e. The second kappa shape index (κ2) is 40.5. The lowest BCUT2D eigenvalue weighted by molar-refractivity contribution is -0.138. The van der Waals surface area contributed by atoms with Gasteiger partial charge in [-0.1, -0.05) is 124 Å². The lowest BCUT2D eigenvalue weighted by atomic mass is 9.97. The standard InChI is InChI=1S/C43H51N7O7.C22H26N2O6.C21H27N5O2/c51-32(26-48-21-20-28-10-7-8-12-30(28)23-48)16-18-36(52)34-22-37(45-27-44-34)46-31-24-49(25-31)39(54)15-6-4-2-1-3-5-11-29-13-9-14-33-40(29)43(57)50(42(33)56)35-17-19-38(53)47-41(35)55;25-17-13-12-16(20(28)23-17)24-21(29)15-10-7-9-14(19(15)22(24)30)8-5-3-1-2-4-6-11-18(26)27;27-18(13-26-8-7-15-3-1-2-4-16(15)12-26)5-6-20(28)19-9-21(24-14-23-19)25-17-10-22-11-17/h7-10,12-14,22,27,31-32,35,51H,1-6,11,15-21,23-26H2,(H,44,45,46)(H,47,53,55);7,9-10,16H,1-6,8,11-13H2,(H,26,27)(H,23,25,28);1-4,9,14,17-18,22,27H,5-8,10-13H2,(H,23,24,25)/t32-,35?;;18-/m0.0/s1. The van der Waals surface area contributed by atoms with Gasteiger partial charge in [0.2, 0.25) is 29.5 Å². The number of hydrogen-bond donors (Lipinski definition) is 8. The first kappa shape index (κ1) is 83.7. The van der Waals surface area contributed by atoms with E-state index in [1.54, 1.807) is 36.4 Å². The van der Waals surface area contributed by atoms with Gasteiger partial charge in [0.1, 0.15) is 47.8 Å². The van der Waals surface area contributed by atoms with Crippen molar-refractivity contribution in [3.05, 3.63) is 177 Å². The van der Waals surface area contributed by atoms with E-state index < -0.39 is 77.5 Å². The van der Waals surface area contributed by atoms with Crippen LogP contribution in [0.5, 0.6) is 0 Å². The summed E-state index contributed by atoms with van der Waals surface area (Å²) in [6, 6.07) is 29.1. The van der Waals surface area contributed by atoms with Crippen LogP contribution in [0, 0.1) is 0 Å². The van der Waals surface area contributed by atoms with Crippen molar-refractivity contribution in [1.29, 1.82) is 0 Å². The Morgan fingerprint density at radius 1 is 0.470 bits per heavy atom. The Morgan fingerprint density at radius 2 is 0.896 bits per heavy atom. The Morgan fingerprint density at radius 3 is 1.33 bits per heavy atom. The summed E-state index contributed by atoms with van der Waals surface area (Å²) in [7, 11) is 0. The number of carbonyl (C=O) groups excluding carboxylic acids is 11. The van der Waals surface area contributed by atoms with Crippen LogP contribution in [0.2, 0.25) is 0 Å². The maximum absolute atomic E-state index is 13.3. The van der Waals surface area contributed by atoms with Crippen molar-refractivity contribution in [3.63, 3.8) is 0 Å². The van der Waals surface area contributed by atoms with E-state index in [0.29, 0.717) is 116 Å². The van der Waals surface area contributed by atoms with E-state index >= 15 is 0 Å². The summed E-state index contributed by atoms with van der Waals surface area (Å²) >= 11 is 0. The molecule has 0 spiro atoms. The molecule has 115 heavy (non-hydrogen) atoms. The number of likely N-dealkylation sites (tertiary alicyclic amines) is 1. The molecule has 14 rings (SSSR count). The molecule has 4 saturated heterocycles. The average molecular weight is 1570 g/mol. The van der Waals surface area contributed by atoms with Crippen LogP contribution in [0.4, 0.5) is 11.6 Å². The van der Waals surface area contributed by atoms with Crippen molar-refractivity contribution < 1.29 is 72.9 Å². The number of nitrogens with zero attached hydrogens (tertiary/aromatic N) is 9. The fraction of sp³-hybridized carbons (Fsp3) is 0.488. The number of Topliss-reactive ketones (excluding diaryl/α,β-unsaturated/α-hetero) is 2. The Balaban J connectivity index is 0.000000176. The fourth-order valence-corrected chi connectivity index (χ4v) is 16.2. The quantitative estimate of drug-likeness (QED) is 0.0107. The zero-order valence-corrected chi connectivity index (χ0v) is 65.1. The van der Waals surface area contributed by atoms with E-state index in [-0.39, 0.29) is 68.5 Å². The van der Waals surface area contributed by atoms with Crippen LogP contribution in [0.1, 0.15) is 237 Å². The van der Waals surface area contributed by atoms with Gasteiger partial charge in [0.25, 0.3) is 23.6 Å². The number of β-amino-alcohol motifs (C(OH)–C–C–N with tert-alkyl or cyclic N) is 2. The Labute approximate surface area is 668 Å². The second-order valence-corrected chi connectivity index (χ2v) is 31.2. The minimum atomic E-state index is -0.974. The van der Waals surface area contributed by atoms with Gasteiger partial charge < -0.3 is 36.2 Å². The molecule has 0 radical (unpaired) electrons. The van der Waals surface area contributed by atoms with Crippen molar-refractivity contribution >= 4 is 82.3 Å². The molecule has 608 valence electrons. The number of unbranched alkanes of at least 4 members (excludes halogenated alkanes) is 10. The molecule has 0 aliphatic carbocycles. The Bertz CT molecular complexity index is 4560. The number of piperidine rings is 2. The van der Waals surface area contributed by atoms with Gasteiger partial charge in [0.15, 0.2) is 11.6 Å². The monoisotopic (exact) mass is 1570 g/mol. The van der Waals surface area contributed by atoms with Gasteiger partial charge in [-0.2, -0.15) is 0 Å². The number of ketones is 2. The van der Waals surface area contributed by atoms with Gasteiger partial charge in [0, 0.05) is 116 Å². The number of rotatable bonds is 36. The second-order valence-electron chi connectivity index (χ2n) is 31.2. The number of aliphatic hydroxyl groups excluding tert-OH is 2. The van der Waals surface area contributed by atoms with Gasteiger partial charge in [-0.15, -0.1) is 0 Å². The van der Waals surface area contributed by atoms with E-state index in [9.17, 15) is 67.7 Å². The van der Waals surface area contributed by atoms with E-state index in [2.05, 4.69) is 98.8 Å². The molecule has 9 amide bonds. The molecule has 4 fully saturated rings. The summed E-state index contributed by atoms with van der Waals surface area (Å²) in [4.78, 5) is 173. The summed E-state index contributed by atoms with van der Waals surface area (Å²) < 4.78 is 0. The maximum Gasteiger partial charge on any atom is 0.303 e. The third-order valence-corrected chi connectivity index (χ3v) is 22.7. The molecule has 0 saturated carbocycles. The molecule has 2 unspecified atom stereocenters. The SMILES string of the molecule is O=C(CC[C@H](O)CN1CCc2ccccc2C1)c1cc(NC2CNC2)ncn1.O=C(O)CCCCCCCCc1cccc2c1C(=O)N(C1CCC(=O)NC1=O)C2=O.O=C1CCC(N2C(=O)c3cccc(CCCCCCCCC(=O)N4CC(Nc5cc(C(=O)CC[C@H](O)CN6CCc7ccccc7C6)ncn5)C4)c3C2=O)C(=O)N1. The number of amides is 9. The predicted octanol–water partition coefficient (Wildman–Crippen LogP) is 7.54. The number of carboxylic acids is 1. The van der Waals surface area contributed by atoms with E-state index in [0.717, 1.165) is 144 Å². The number of hydrogen-bond acceptors (Lipinski definition) is 23. The first-order chi connectivity index (χ1) is 55.7. The highest BCUT2D eigenvalue weighted by atomic mass is 16.4. The molecular formula is C86H104N14O15. The minimum absolute atomic E-state index is 0.0445. The Hall–Kier alpha value is -10.7. The third-order valence-electron chi connectivity index (χ3n) is 22.7. The molecule has 4 atom stereocenters. The van der Waals surface area contributed by atoms with Crippen molar-refractivity contribution in [1.82, 2.24) is 60.4 Å². The molecule has 8 N–H and O–H groups in total. The van der Waals surface area contributed by atoms with Crippen LogP contribution in [0.15, 0.2) is 110 Å². The van der Waals surface area contributed by atoms with Crippen LogP contribution in [-0.4, -0.2) is 219 Å². The lowest BCUT2D eigenvalue weighted by Crippen LogP contribution is -2.57. The van der Waals surface area contributed by atoms with Gasteiger partial charge in [-0.25, -0.2) is 19.9 Å². The maximum atomic E-state index is 13.3. The molecule has 8 aliphatic heterocycles. The van der Waals surface area contributed by atoms with Gasteiger partial charge in [-0.3, -0.25) is 87.8 Å². The summed E-state index contributed by atoms with van der Waals surface area (Å²) in [5.74, 6) is -3.52. The molecule has 8 aliphatic rings. The summed E-state index contributed by atoms with van der Waals surface area (Å²) in [5, 5.41) is 43.9. The predicted molar refractivity (Wildman–Crippen MR) is 424 cm³/mol. The van der Waals surface area contributed by atoms with Crippen molar-refractivity contribution in [2.45, 2.75) is 216 Å². The largest absolute Gasteiger partial charge is 0.481 e. The molecule has 0 bridgehead atoms. The van der Waals surface area contributed by atoms with Crippen LogP contribution >= 0.6 is 0 Å². The summed E-state index contributed by atoms with van der Waals surface area (Å²) in [6.07, 6.45) is 18.3. The number of imide groups is 4. The van der Waals surface area contributed by atoms with E-state index in [1.165, 1.54) is 34.9 Å². The molecule has 29 nitrogen and oxygen atoms in total. The number of nitrogens with one attached hydrogen (secondary N) is 5. The third kappa shape index (κ3) is 22.4. The molecule has 29 heteroatoms. The number of anilines is 2. The lowest BCUT2D eigenvalue weighted by Gasteiger charge is -2.40. The first-order valence-electron chi connectivity index (χ1n) is 40.8. The Kier molecular flexibility index (Phi) is 29.5. The van der Waals surface area contributed by atoms with Crippen LogP contribution in [0.25, 0.3) is 0 Å². The molecule has 2 aromatic heterocycles. The normalized spacial score (nSPS) is 18.6. The summed E-state index contributed by atoms with van der Waals surface area (Å²) in [6.45, 7) is 7.57. The number of aliphatic hydroxyl groups is 2. The first-order valence-corrected chi connectivity index (χ1v) is 40.8. The zero-order valence-electron chi connectivity index (χ0n) is 65.1. The van der Waals surface area contributed by atoms with Crippen LogP contribution < -0.4 is 26.6 Å². The smallest absolute Gasteiger partial charge is 0.303 e. The fourth-order valence-electron chi connectivity index (χ4n) is 16.2. The molecule has 6 aromatic rings. The molecule has 10 heterocycles. The number of aryl methyl sites for hydroxylation is 2. The van der Waals surface area contributed by atoms with Crippen molar-refractivity contribution in [2.75, 3.05) is 63.0 Å². The number of carbonyl (C=O) groups is 12. The number of aromatic nitrogens is 4.